The van der Waals surface area contributed by atoms with Gasteiger partial charge in [-0.2, -0.15) is 5.10 Å². The summed E-state index contributed by atoms with van der Waals surface area (Å²) in [6.45, 7) is 1.51. The monoisotopic (exact) mass is 255 g/mol. The predicted molar refractivity (Wildman–Crippen MR) is 74.5 cm³/mol. The lowest BCUT2D eigenvalue weighted by Crippen LogP contribution is -2.08. The largest absolute Gasteiger partial charge is 0.326 e. The highest BCUT2D eigenvalue weighted by Crippen LogP contribution is 2.24. The Bertz CT molecular complexity index is 598. The number of rotatable bonds is 2. The number of hydrogen-bond acceptors (Lipinski definition) is 2. The third-order valence-corrected chi connectivity index (χ3v) is 3.50. The standard InChI is InChI=1S/C15H17N3O/c1-11(19)17-13-6-8-14(9-7-13)18-15-5-3-2-4-12(15)10-16-18/h6-10H,2-5H2,1H3,(H,17,19). The van der Waals surface area contributed by atoms with Crippen LogP contribution in [0.4, 0.5) is 5.69 Å². The van der Waals surface area contributed by atoms with E-state index in [0.29, 0.717) is 0 Å². The maximum absolute atomic E-state index is 11.0. The summed E-state index contributed by atoms with van der Waals surface area (Å²) < 4.78 is 2.02. The zero-order valence-electron chi connectivity index (χ0n) is 11.0. The first kappa shape index (κ1) is 12.0. The van der Waals surface area contributed by atoms with Crippen LogP contribution in [-0.2, 0) is 17.6 Å². The molecule has 1 aliphatic carbocycles. The normalized spacial score (nSPS) is 13.9. The van der Waals surface area contributed by atoms with E-state index in [4.69, 9.17) is 0 Å². The topological polar surface area (TPSA) is 46.9 Å². The van der Waals surface area contributed by atoms with Crippen molar-refractivity contribution in [2.75, 3.05) is 5.32 Å². The average Bonchev–Trinajstić information content (AvgIpc) is 2.83. The minimum absolute atomic E-state index is 0.0516. The van der Waals surface area contributed by atoms with Crippen LogP contribution >= 0.6 is 0 Å². The van der Waals surface area contributed by atoms with Crippen LogP contribution in [-0.4, -0.2) is 15.7 Å². The lowest BCUT2D eigenvalue weighted by atomic mass is 9.98. The molecule has 1 aromatic heterocycles. The van der Waals surface area contributed by atoms with Crippen LogP contribution in [0.5, 0.6) is 0 Å². The Morgan fingerprint density at radius 3 is 2.68 bits per heavy atom. The van der Waals surface area contributed by atoms with Gasteiger partial charge in [-0.05, 0) is 55.5 Å². The van der Waals surface area contributed by atoms with E-state index in [2.05, 4.69) is 10.4 Å². The maximum Gasteiger partial charge on any atom is 0.221 e. The Balaban J connectivity index is 1.90. The van der Waals surface area contributed by atoms with E-state index in [0.717, 1.165) is 24.2 Å². The fourth-order valence-electron chi connectivity index (χ4n) is 2.60. The molecule has 4 nitrogen and oxygen atoms in total. The van der Waals surface area contributed by atoms with Crippen molar-refractivity contribution in [2.24, 2.45) is 0 Å². The van der Waals surface area contributed by atoms with Crippen molar-refractivity contribution < 1.29 is 4.79 Å². The summed E-state index contributed by atoms with van der Waals surface area (Å²) in [5.41, 5.74) is 4.57. The fraction of sp³-hybridized carbons (Fsp3) is 0.333. The van der Waals surface area contributed by atoms with E-state index in [1.807, 2.05) is 35.1 Å². The van der Waals surface area contributed by atoms with E-state index >= 15 is 0 Å². The molecule has 1 amide bonds. The van der Waals surface area contributed by atoms with E-state index in [9.17, 15) is 4.79 Å². The van der Waals surface area contributed by atoms with E-state index in [-0.39, 0.29) is 5.91 Å². The van der Waals surface area contributed by atoms with Gasteiger partial charge in [0.1, 0.15) is 0 Å². The molecule has 1 aromatic carbocycles. The van der Waals surface area contributed by atoms with Crippen LogP contribution in [0.15, 0.2) is 30.5 Å². The molecular weight excluding hydrogens is 238 g/mol. The first-order chi connectivity index (χ1) is 9.24. The van der Waals surface area contributed by atoms with E-state index < -0.39 is 0 Å². The van der Waals surface area contributed by atoms with Gasteiger partial charge < -0.3 is 5.32 Å². The molecule has 1 aliphatic rings. The molecule has 98 valence electrons. The minimum Gasteiger partial charge on any atom is -0.326 e. The van der Waals surface area contributed by atoms with Gasteiger partial charge in [-0.1, -0.05) is 0 Å². The second-order valence-electron chi connectivity index (χ2n) is 4.96. The molecule has 0 radical (unpaired) electrons. The number of carbonyl (C=O) groups is 1. The van der Waals surface area contributed by atoms with Crippen LogP contribution in [0.25, 0.3) is 5.69 Å². The van der Waals surface area contributed by atoms with Crippen molar-refractivity contribution in [1.82, 2.24) is 9.78 Å². The quantitative estimate of drug-likeness (QED) is 0.896. The Morgan fingerprint density at radius 2 is 1.95 bits per heavy atom. The number of amides is 1. The number of aryl methyl sites for hydroxylation is 1. The predicted octanol–water partition coefficient (Wildman–Crippen LogP) is 2.71. The van der Waals surface area contributed by atoms with Crippen LogP contribution in [0.2, 0.25) is 0 Å². The number of nitrogens with zero attached hydrogens (tertiary/aromatic N) is 2. The summed E-state index contributed by atoms with van der Waals surface area (Å²) in [6, 6.07) is 7.81. The second-order valence-corrected chi connectivity index (χ2v) is 4.96. The van der Waals surface area contributed by atoms with Crippen molar-refractivity contribution in [2.45, 2.75) is 32.6 Å². The molecule has 19 heavy (non-hydrogen) atoms. The summed E-state index contributed by atoms with van der Waals surface area (Å²) in [6.07, 6.45) is 6.72. The summed E-state index contributed by atoms with van der Waals surface area (Å²) in [7, 11) is 0. The third kappa shape index (κ3) is 2.38. The molecule has 0 saturated heterocycles. The highest BCUT2D eigenvalue weighted by molar-refractivity contribution is 5.88. The lowest BCUT2D eigenvalue weighted by molar-refractivity contribution is -0.114. The molecule has 1 heterocycles. The van der Waals surface area contributed by atoms with Crippen molar-refractivity contribution >= 4 is 11.6 Å². The van der Waals surface area contributed by atoms with Gasteiger partial charge in [0.15, 0.2) is 0 Å². The van der Waals surface area contributed by atoms with Crippen molar-refractivity contribution in [3.05, 3.63) is 41.7 Å². The van der Waals surface area contributed by atoms with Gasteiger partial charge in [-0.3, -0.25) is 4.79 Å². The van der Waals surface area contributed by atoms with Crippen LogP contribution in [0.1, 0.15) is 31.0 Å². The summed E-state index contributed by atoms with van der Waals surface area (Å²) in [4.78, 5) is 11.0. The van der Waals surface area contributed by atoms with Crippen molar-refractivity contribution in [3.8, 4) is 5.69 Å². The first-order valence-corrected chi connectivity index (χ1v) is 6.68. The highest BCUT2D eigenvalue weighted by atomic mass is 16.1. The van der Waals surface area contributed by atoms with Gasteiger partial charge in [-0.15, -0.1) is 0 Å². The molecule has 0 saturated carbocycles. The highest BCUT2D eigenvalue weighted by Gasteiger charge is 2.15. The van der Waals surface area contributed by atoms with Crippen LogP contribution in [0.3, 0.4) is 0 Å². The van der Waals surface area contributed by atoms with Gasteiger partial charge in [-0.25, -0.2) is 4.68 Å². The number of aromatic nitrogens is 2. The lowest BCUT2D eigenvalue weighted by Gasteiger charge is -2.14. The van der Waals surface area contributed by atoms with E-state index in [1.165, 1.54) is 31.0 Å². The zero-order chi connectivity index (χ0) is 13.2. The number of benzene rings is 1. The Labute approximate surface area is 112 Å². The SMILES string of the molecule is CC(=O)Nc1ccc(-n2ncc3c2CCCC3)cc1. The second kappa shape index (κ2) is 4.88. The maximum atomic E-state index is 11.0. The number of hydrogen-bond donors (Lipinski definition) is 1. The van der Waals surface area contributed by atoms with Crippen LogP contribution < -0.4 is 5.32 Å². The number of carbonyl (C=O) groups excluding carboxylic acids is 1. The van der Waals surface area contributed by atoms with Crippen molar-refractivity contribution in [3.63, 3.8) is 0 Å². The Morgan fingerprint density at radius 1 is 1.21 bits per heavy atom. The molecule has 3 rings (SSSR count). The molecule has 0 bridgehead atoms. The van der Waals surface area contributed by atoms with Gasteiger partial charge in [0.2, 0.25) is 5.91 Å². The van der Waals surface area contributed by atoms with Gasteiger partial charge in [0, 0.05) is 18.3 Å². The van der Waals surface area contributed by atoms with E-state index in [1.54, 1.807) is 0 Å². The Kier molecular flexibility index (Phi) is 3.07. The minimum atomic E-state index is -0.0516. The molecule has 2 aromatic rings. The zero-order valence-corrected chi connectivity index (χ0v) is 11.0. The fourth-order valence-corrected chi connectivity index (χ4v) is 2.60. The number of anilines is 1. The molecule has 1 N–H and O–H groups in total. The van der Waals surface area contributed by atoms with Gasteiger partial charge in [0.05, 0.1) is 11.9 Å². The summed E-state index contributed by atoms with van der Waals surface area (Å²) in [5.74, 6) is -0.0516. The molecule has 0 aliphatic heterocycles. The first-order valence-electron chi connectivity index (χ1n) is 6.68. The van der Waals surface area contributed by atoms with Gasteiger partial charge in [0.25, 0.3) is 0 Å². The molecule has 0 atom stereocenters. The Hall–Kier alpha value is -2.10. The van der Waals surface area contributed by atoms with Crippen LogP contribution in [0, 0.1) is 0 Å². The average molecular weight is 255 g/mol. The molecule has 4 heteroatoms. The summed E-state index contributed by atoms with van der Waals surface area (Å²) >= 11 is 0. The number of nitrogens with one attached hydrogen (secondary N) is 1. The molecule has 0 spiro atoms. The molecule has 0 unspecified atom stereocenters. The molecule has 0 fully saturated rings. The number of fused-ring (bicyclic) bond motifs is 1. The van der Waals surface area contributed by atoms with Gasteiger partial charge >= 0.3 is 0 Å². The molecular formula is C15H17N3O. The van der Waals surface area contributed by atoms with Crippen molar-refractivity contribution in [1.29, 1.82) is 0 Å². The summed E-state index contributed by atoms with van der Waals surface area (Å²) in [5, 5.41) is 7.26. The third-order valence-electron chi connectivity index (χ3n) is 3.50. The smallest absolute Gasteiger partial charge is 0.221 e.